The van der Waals surface area contributed by atoms with Crippen molar-refractivity contribution in [2.24, 2.45) is 0 Å². The van der Waals surface area contributed by atoms with Crippen LogP contribution in [-0.2, 0) is 11.3 Å². The van der Waals surface area contributed by atoms with Crippen LogP contribution in [0, 0.1) is 34.1 Å². The summed E-state index contributed by atoms with van der Waals surface area (Å²) in [5, 5.41) is 28.3. The van der Waals surface area contributed by atoms with Crippen LogP contribution in [0.5, 0.6) is 0 Å². The second kappa shape index (κ2) is 7.87. The summed E-state index contributed by atoms with van der Waals surface area (Å²) in [5.41, 5.74) is 3.75. The monoisotopic (exact) mass is 397 g/mol. The maximum Gasteiger partial charge on any atom is 0.254 e. The van der Waals surface area contributed by atoms with Crippen molar-refractivity contribution in [3.63, 3.8) is 0 Å². The van der Waals surface area contributed by atoms with Gasteiger partial charge in [-0.25, -0.2) is 0 Å². The van der Waals surface area contributed by atoms with Crippen molar-refractivity contribution in [1.29, 1.82) is 15.8 Å². The average molecular weight is 397 g/mol. The number of hydrogen-bond donors (Lipinski definition) is 0. The van der Waals surface area contributed by atoms with Crippen molar-refractivity contribution in [1.82, 2.24) is 9.80 Å². The molecule has 0 unspecified atom stereocenters. The van der Waals surface area contributed by atoms with E-state index in [1.54, 1.807) is 47.2 Å². The van der Waals surface area contributed by atoms with Gasteiger partial charge in [-0.15, -0.1) is 0 Å². The van der Waals surface area contributed by atoms with Crippen LogP contribution in [0.3, 0.4) is 0 Å². The van der Waals surface area contributed by atoms with Crippen molar-refractivity contribution in [3.8, 4) is 29.5 Å². The number of rotatable bonds is 4. The van der Waals surface area contributed by atoms with E-state index in [0.29, 0.717) is 42.8 Å². The molecule has 30 heavy (non-hydrogen) atoms. The molecule has 7 nitrogen and oxygen atoms in total. The van der Waals surface area contributed by atoms with Crippen molar-refractivity contribution < 1.29 is 9.53 Å². The van der Waals surface area contributed by atoms with Gasteiger partial charge in [0.05, 0.1) is 42.0 Å². The van der Waals surface area contributed by atoms with Crippen LogP contribution in [0.1, 0.15) is 33.5 Å². The SMILES string of the molecule is COC[C@@H]1C[C@@H](N2Cc3c(C#N)cc(-c4cccc(C#N)c4)cc3C2=O)CN1C#N. The van der Waals surface area contributed by atoms with Crippen LogP contribution in [0.25, 0.3) is 11.1 Å². The minimum absolute atomic E-state index is 0.0544. The van der Waals surface area contributed by atoms with Crippen LogP contribution in [0.15, 0.2) is 36.4 Å². The molecule has 1 saturated heterocycles. The highest BCUT2D eigenvalue weighted by molar-refractivity contribution is 6.00. The van der Waals surface area contributed by atoms with Crippen molar-refractivity contribution >= 4 is 5.91 Å². The fourth-order valence-corrected chi connectivity index (χ4v) is 4.35. The molecule has 0 aromatic heterocycles. The molecule has 4 rings (SSSR count). The van der Waals surface area contributed by atoms with E-state index in [1.807, 2.05) is 6.07 Å². The minimum atomic E-state index is -0.124. The number of ether oxygens (including phenoxy) is 1. The van der Waals surface area contributed by atoms with Crippen molar-refractivity contribution in [3.05, 3.63) is 58.7 Å². The summed E-state index contributed by atoms with van der Waals surface area (Å²) in [5.74, 6) is -0.124. The number of nitrogens with zero attached hydrogens (tertiary/aromatic N) is 5. The van der Waals surface area contributed by atoms with Crippen molar-refractivity contribution in [2.45, 2.75) is 25.0 Å². The Morgan fingerprint density at radius 1 is 1.13 bits per heavy atom. The lowest BCUT2D eigenvalue weighted by Gasteiger charge is -2.23. The first kappa shape index (κ1) is 19.5. The summed E-state index contributed by atoms with van der Waals surface area (Å²) < 4.78 is 5.22. The first-order valence-electron chi connectivity index (χ1n) is 9.63. The molecule has 0 N–H and O–H groups in total. The molecule has 7 heteroatoms. The molecule has 0 saturated carbocycles. The highest BCUT2D eigenvalue weighted by Crippen LogP contribution is 2.35. The molecule has 0 spiro atoms. The molecule has 2 aliphatic heterocycles. The highest BCUT2D eigenvalue weighted by atomic mass is 16.5. The van der Waals surface area contributed by atoms with Crippen LogP contribution >= 0.6 is 0 Å². The van der Waals surface area contributed by atoms with Gasteiger partial charge in [-0.05, 0) is 41.8 Å². The minimum Gasteiger partial charge on any atom is -0.383 e. The van der Waals surface area contributed by atoms with Crippen LogP contribution in [0.2, 0.25) is 0 Å². The number of carbonyl (C=O) groups excluding carboxylic acids is 1. The number of hydrogen-bond acceptors (Lipinski definition) is 6. The van der Waals surface area contributed by atoms with Gasteiger partial charge in [0.1, 0.15) is 0 Å². The number of fused-ring (bicyclic) bond motifs is 1. The number of likely N-dealkylation sites (tertiary alicyclic amines) is 1. The molecule has 1 amide bonds. The molecule has 0 radical (unpaired) electrons. The molecule has 2 heterocycles. The third kappa shape index (κ3) is 3.24. The maximum atomic E-state index is 13.2. The van der Waals surface area contributed by atoms with Gasteiger partial charge in [0, 0.05) is 31.3 Å². The molecule has 2 aromatic rings. The molecule has 2 atom stereocenters. The molecule has 2 aromatic carbocycles. The van der Waals surface area contributed by atoms with Crippen molar-refractivity contribution in [2.75, 3.05) is 20.3 Å². The van der Waals surface area contributed by atoms with E-state index in [2.05, 4.69) is 18.3 Å². The molecule has 2 aliphatic rings. The highest BCUT2D eigenvalue weighted by Gasteiger charge is 2.41. The average Bonchev–Trinajstić information content (AvgIpc) is 3.34. The Balaban J connectivity index is 1.67. The van der Waals surface area contributed by atoms with E-state index < -0.39 is 0 Å². The summed E-state index contributed by atoms with van der Waals surface area (Å²) in [4.78, 5) is 16.7. The molecule has 0 bridgehead atoms. The summed E-state index contributed by atoms with van der Waals surface area (Å²) in [7, 11) is 1.60. The zero-order valence-corrected chi connectivity index (χ0v) is 16.5. The Morgan fingerprint density at radius 3 is 2.67 bits per heavy atom. The topological polar surface area (TPSA) is 104 Å². The zero-order valence-electron chi connectivity index (χ0n) is 16.5. The van der Waals surface area contributed by atoms with Gasteiger partial charge in [0.2, 0.25) is 0 Å². The second-order valence-electron chi connectivity index (χ2n) is 7.54. The summed E-state index contributed by atoms with van der Waals surface area (Å²) in [6, 6.07) is 14.9. The predicted molar refractivity (Wildman–Crippen MR) is 108 cm³/mol. The van der Waals surface area contributed by atoms with E-state index in [9.17, 15) is 15.3 Å². The van der Waals surface area contributed by atoms with Gasteiger partial charge in [-0.1, -0.05) is 12.1 Å². The van der Waals surface area contributed by atoms with Gasteiger partial charge in [0.15, 0.2) is 6.19 Å². The number of benzene rings is 2. The summed E-state index contributed by atoms with van der Waals surface area (Å²) in [6.45, 7) is 1.25. The van der Waals surface area contributed by atoms with Gasteiger partial charge in [-0.2, -0.15) is 15.8 Å². The Kier molecular flexibility index (Phi) is 5.11. The molecular formula is C23H19N5O2. The maximum absolute atomic E-state index is 13.2. The number of amides is 1. The molecule has 0 aliphatic carbocycles. The fourth-order valence-electron chi connectivity index (χ4n) is 4.35. The normalized spacial score (nSPS) is 19.9. The van der Waals surface area contributed by atoms with E-state index in [4.69, 9.17) is 10.00 Å². The molecular weight excluding hydrogens is 378 g/mol. The zero-order chi connectivity index (χ0) is 21.3. The Hall–Kier alpha value is -3.86. The smallest absolute Gasteiger partial charge is 0.254 e. The van der Waals surface area contributed by atoms with E-state index in [-0.39, 0.29) is 18.0 Å². The van der Waals surface area contributed by atoms with E-state index in [1.165, 1.54) is 0 Å². The fraction of sp³-hybridized carbons (Fsp3) is 0.304. The summed E-state index contributed by atoms with van der Waals surface area (Å²) in [6.07, 6.45) is 2.84. The molecule has 148 valence electrons. The van der Waals surface area contributed by atoms with Gasteiger partial charge >= 0.3 is 0 Å². The Morgan fingerprint density at radius 2 is 1.97 bits per heavy atom. The first-order valence-corrected chi connectivity index (χ1v) is 9.63. The number of nitriles is 3. The second-order valence-corrected chi connectivity index (χ2v) is 7.54. The van der Waals surface area contributed by atoms with Gasteiger partial charge < -0.3 is 14.5 Å². The first-order chi connectivity index (χ1) is 14.6. The third-order valence-electron chi connectivity index (χ3n) is 5.84. The standard InChI is InChI=1S/C23H19N5O2/c1-30-13-20-8-19(11-27(20)14-26)28-12-22-18(10-25)6-17(7-21(22)23(28)29)16-4-2-3-15(5-16)9-24/h2-7,19-20H,8,11-13H2,1H3/t19-,20+/m1/s1. The predicted octanol–water partition coefficient (Wildman–Crippen LogP) is 2.62. The largest absolute Gasteiger partial charge is 0.383 e. The lowest BCUT2D eigenvalue weighted by atomic mass is 9.95. The quantitative estimate of drug-likeness (QED) is 0.735. The third-order valence-corrected chi connectivity index (χ3v) is 5.84. The van der Waals surface area contributed by atoms with Gasteiger partial charge in [-0.3, -0.25) is 4.79 Å². The lowest BCUT2D eigenvalue weighted by molar-refractivity contribution is 0.0710. The number of carbonyl (C=O) groups is 1. The Labute approximate surface area is 174 Å². The Bertz CT molecular complexity index is 1140. The van der Waals surface area contributed by atoms with Crippen LogP contribution < -0.4 is 0 Å². The summed E-state index contributed by atoms with van der Waals surface area (Å²) >= 11 is 0. The van der Waals surface area contributed by atoms with Crippen LogP contribution in [-0.4, -0.2) is 48.1 Å². The van der Waals surface area contributed by atoms with Gasteiger partial charge in [0.25, 0.3) is 5.91 Å². The lowest BCUT2D eigenvalue weighted by Crippen LogP contribution is -2.37. The molecule has 1 fully saturated rings. The van der Waals surface area contributed by atoms with E-state index in [0.717, 1.165) is 16.7 Å². The van der Waals surface area contributed by atoms with Crippen LogP contribution in [0.4, 0.5) is 0 Å². The van der Waals surface area contributed by atoms with E-state index >= 15 is 0 Å². The number of methoxy groups -OCH3 is 1.